The topological polar surface area (TPSA) is 36.9 Å². The highest BCUT2D eigenvalue weighted by Crippen LogP contribution is 2.28. The van der Waals surface area contributed by atoms with Gasteiger partial charge in [-0.3, -0.25) is 0 Å². The summed E-state index contributed by atoms with van der Waals surface area (Å²) in [5, 5.41) is 0. The highest BCUT2D eigenvalue weighted by atomic mass is 32.2. The standard InChI is InChI=1S/C29H30O4S2/c1-35-29(34)33-26-18-17-25(30-19-22-11-5-2-6-12-22)27(31-20-23-13-7-3-8-14-23)28(26)32-21-24-15-9-4-10-16-24/h2-18,25-28H,19-21H2,1H3/t25-,26-,27+,28+/m0/s1. The molecule has 3 aromatic carbocycles. The summed E-state index contributed by atoms with van der Waals surface area (Å²) in [6.07, 6.45) is 4.42. The van der Waals surface area contributed by atoms with E-state index < -0.39 is 6.10 Å². The average Bonchev–Trinajstić information content (AvgIpc) is 2.92. The van der Waals surface area contributed by atoms with Crippen molar-refractivity contribution in [1.82, 2.24) is 0 Å². The van der Waals surface area contributed by atoms with Crippen LogP contribution in [0.4, 0.5) is 0 Å². The lowest BCUT2D eigenvalue weighted by molar-refractivity contribution is -0.164. The van der Waals surface area contributed by atoms with E-state index in [9.17, 15) is 0 Å². The Morgan fingerprint density at radius 1 is 0.629 bits per heavy atom. The molecule has 35 heavy (non-hydrogen) atoms. The van der Waals surface area contributed by atoms with Crippen LogP contribution in [0, 0.1) is 0 Å². The monoisotopic (exact) mass is 506 g/mol. The van der Waals surface area contributed by atoms with Crippen molar-refractivity contribution in [3.63, 3.8) is 0 Å². The van der Waals surface area contributed by atoms with Gasteiger partial charge >= 0.3 is 0 Å². The molecule has 0 bridgehead atoms. The van der Waals surface area contributed by atoms with Crippen molar-refractivity contribution < 1.29 is 18.9 Å². The van der Waals surface area contributed by atoms with Gasteiger partial charge in [0.25, 0.3) is 0 Å². The number of thioether (sulfide) groups is 1. The Balaban J connectivity index is 1.56. The fourth-order valence-electron chi connectivity index (χ4n) is 3.91. The summed E-state index contributed by atoms with van der Waals surface area (Å²) in [6, 6.07) is 30.3. The van der Waals surface area contributed by atoms with Crippen LogP contribution in [0.15, 0.2) is 103 Å². The van der Waals surface area contributed by atoms with Crippen LogP contribution in [-0.2, 0) is 38.8 Å². The quantitative estimate of drug-likeness (QED) is 0.236. The molecule has 4 rings (SSSR count). The minimum Gasteiger partial charge on any atom is -0.468 e. The number of benzene rings is 3. The lowest BCUT2D eigenvalue weighted by Crippen LogP contribution is -2.51. The molecule has 0 aliphatic heterocycles. The normalized spacial score (nSPS) is 21.5. The van der Waals surface area contributed by atoms with E-state index in [2.05, 4.69) is 24.3 Å². The molecule has 0 aromatic heterocycles. The zero-order valence-corrected chi connectivity index (χ0v) is 21.3. The Kier molecular flexibility index (Phi) is 9.93. The molecule has 0 spiro atoms. The molecule has 1 aliphatic carbocycles. The summed E-state index contributed by atoms with van der Waals surface area (Å²) in [6.45, 7) is 1.35. The zero-order valence-electron chi connectivity index (χ0n) is 19.7. The molecule has 0 N–H and O–H groups in total. The molecule has 0 saturated heterocycles. The lowest BCUT2D eigenvalue weighted by atomic mass is 9.95. The Hall–Kier alpha value is -2.48. The average molecular weight is 507 g/mol. The Morgan fingerprint density at radius 2 is 1.03 bits per heavy atom. The summed E-state index contributed by atoms with van der Waals surface area (Å²) in [5.74, 6) is 0. The third kappa shape index (κ3) is 7.75. The van der Waals surface area contributed by atoms with Crippen LogP contribution in [0.3, 0.4) is 0 Å². The van der Waals surface area contributed by atoms with Crippen molar-refractivity contribution in [2.24, 2.45) is 0 Å². The van der Waals surface area contributed by atoms with Gasteiger partial charge in [-0.1, -0.05) is 109 Å². The van der Waals surface area contributed by atoms with Crippen molar-refractivity contribution in [2.75, 3.05) is 6.26 Å². The third-order valence-corrected chi connectivity index (χ3v) is 6.74. The van der Waals surface area contributed by atoms with Gasteiger partial charge in [-0.15, -0.1) is 0 Å². The van der Waals surface area contributed by atoms with E-state index in [-0.39, 0.29) is 18.3 Å². The van der Waals surface area contributed by atoms with Gasteiger partial charge in [0.15, 0.2) is 0 Å². The second-order valence-corrected chi connectivity index (χ2v) is 9.61. The van der Waals surface area contributed by atoms with Crippen LogP contribution in [0.25, 0.3) is 0 Å². The molecular formula is C29H30O4S2. The highest BCUT2D eigenvalue weighted by molar-refractivity contribution is 8.22. The molecule has 4 nitrogen and oxygen atoms in total. The van der Waals surface area contributed by atoms with Crippen LogP contribution in [-0.4, -0.2) is 35.1 Å². The number of hydrogen-bond acceptors (Lipinski definition) is 6. The molecule has 1 aliphatic rings. The second kappa shape index (κ2) is 13.6. The van der Waals surface area contributed by atoms with Crippen molar-refractivity contribution >= 4 is 28.4 Å². The Morgan fingerprint density at radius 3 is 1.49 bits per heavy atom. The second-order valence-electron chi connectivity index (χ2n) is 8.21. The lowest BCUT2D eigenvalue weighted by Gasteiger charge is -2.38. The molecule has 6 heteroatoms. The first kappa shape index (κ1) is 25.6. The van der Waals surface area contributed by atoms with Crippen LogP contribution in [0.5, 0.6) is 0 Å². The molecule has 0 amide bonds. The molecular weight excluding hydrogens is 476 g/mol. The van der Waals surface area contributed by atoms with E-state index >= 15 is 0 Å². The smallest absolute Gasteiger partial charge is 0.220 e. The van der Waals surface area contributed by atoms with Gasteiger partial charge in [0, 0.05) is 0 Å². The van der Waals surface area contributed by atoms with Crippen molar-refractivity contribution in [3.8, 4) is 0 Å². The minimum absolute atomic E-state index is 0.303. The van der Waals surface area contributed by atoms with Gasteiger partial charge in [0.05, 0.1) is 19.8 Å². The van der Waals surface area contributed by atoms with Crippen molar-refractivity contribution in [1.29, 1.82) is 0 Å². The molecule has 3 aromatic rings. The minimum atomic E-state index is -0.408. The number of thiocarbonyl (C=S) groups is 1. The molecule has 0 heterocycles. The zero-order chi connectivity index (χ0) is 24.3. The van der Waals surface area contributed by atoms with Crippen molar-refractivity contribution in [2.45, 2.75) is 44.2 Å². The van der Waals surface area contributed by atoms with Crippen LogP contribution in [0.1, 0.15) is 16.7 Å². The van der Waals surface area contributed by atoms with Crippen LogP contribution < -0.4 is 0 Å². The van der Waals surface area contributed by atoms with Crippen LogP contribution >= 0.6 is 24.0 Å². The van der Waals surface area contributed by atoms with E-state index in [4.69, 9.17) is 31.2 Å². The Bertz CT molecular complexity index is 1060. The number of rotatable bonds is 10. The van der Waals surface area contributed by atoms with Gasteiger partial charge in [-0.05, 0) is 41.2 Å². The van der Waals surface area contributed by atoms with Gasteiger partial charge in [-0.2, -0.15) is 0 Å². The molecule has 182 valence electrons. The number of ether oxygens (including phenoxy) is 4. The third-order valence-electron chi connectivity index (χ3n) is 5.72. The van der Waals surface area contributed by atoms with Gasteiger partial charge in [0.2, 0.25) is 4.38 Å². The predicted octanol–water partition coefficient (Wildman–Crippen LogP) is 6.35. The van der Waals surface area contributed by atoms with E-state index in [1.54, 1.807) is 0 Å². The summed E-state index contributed by atoms with van der Waals surface area (Å²) in [4.78, 5) is 0. The fourth-order valence-corrected chi connectivity index (χ4v) is 4.23. The molecule has 0 fully saturated rings. The molecule has 0 saturated carbocycles. The predicted molar refractivity (Wildman–Crippen MR) is 145 cm³/mol. The van der Waals surface area contributed by atoms with Crippen molar-refractivity contribution in [3.05, 3.63) is 120 Å². The fraction of sp³-hybridized carbons (Fsp3) is 0.276. The molecule has 0 radical (unpaired) electrons. The summed E-state index contributed by atoms with van der Waals surface area (Å²) < 4.78 is 25.8. The summed E-state index contributed by atoms with van der Waals surface area (Å²) in [7, 11) is 0. The highest BCUT2D eigenvalue weighted by Gasteiger charge is 2.40. The van der Waals surface area contributed by atoms with Crippen LogP contribution in [0.2, 0.25) is 0 Å². The number of hydrogen-bond donors (Lipinski definition) is 0. The maximum Gasteiger partial charge on any atom is 0.220 e. The first-order valence-corrected chi connectivity index (χ1v) is 13.3. The maximum atomic E-state index is 6.49. The first-order valence-electron chi connectivity index (χ1n) is 11.6. The molecule has 4 atom stereocenters. The van der Waals surface area contributed by atoms with E-state index in [1.807, 2.05) is 85.1 Å². The molecule has 0 unspecified atom stereocenters. The first-order chi connectivity index (χ1) is 17.2. The van der Waals surface area contributed by atoms with E-state index in [0.29, 0.717) is 24.2 Å². The SMILES string of the molecule is CSC(=S)O[C@H]1C=C[C@H](OCc2ccccc2)[C@@H](OCc2ccccc2)[C@@H]1OCc1ccccc1. The van der Waals surface area contributed by atoms with Gasteiger partial charge < -0.3 is 18.9 Å². The largest absolute Gasteiger partial charge is 0.468 e. The summed E-state index contributed by atoms with van der Waals surface area (Å²) >= 11 is 6.77. The van der Waals surface area contributed by atoms with E-state index in [1.165, 1.54) is 11.8 Å². The Labute approximate surface area is 217 Å². The van der Waals surface area contributed by atoms with Gasteiger partial charge in [-0.25, -0.2) is 0 Å². The maximum absolute atomic E-state index is 6.49. The van der Waals surface area contributed by atoms with Gasteiger partial charge in [0.1, 0.15) is 24.4 Å². The van der Waals surface area contributed by atoms with E-state index in [0.717, 1.165) is 16.7 Å². The summed E-state index contributed by atoms with van der Waals surface area (Å²) in [5.41, 5.74) is 3.27.